The van der Waals surface area contributed by atoms with Gasteiger partial charge in [-0.15, -0.1) is 0 Å². The molecule has 42 heavy (non-hydrogen) atoms. The third-order valence-electron chi connectivity index (χ3n) is 8.60. The predicted octanol–water partition coefficient (Wildman–Crippen LogP) is 4.16. The second-order valence-electron chi connectivity index (χ2n) is 11.1. The number of ether oxygens (including phenoxy) is 1. The molecule has 3 aromatic rings. The molecule has 214 valence electrons. The largest absolute Gasteiger partial charge is 0.489 e. The highest BCUT2D eigenvalue weighted by molar-refractivity contribution is 6.02. The SMILES string of the molecule is C=C1CC[C@H](N2Cc3c(OCc4ccc([C@@H](C)N5CCN(c6ccc(C#N)nc6)CC5)cc4)cccc3C2=O)C(=O)N1. The molecule has 6 rings (SSSR count). The number of carbonyl (C=O) groups excluding carboxylic acids is 2. The van der Waals surface area contributed by atoms with E-state index in [2.05, 4.69) is 63.9 Å². The number of nitrogens with one attached hydrogen (secondary N) is 1. The highest BCUT2D eigenvalue weighted by Gasteiger charge is 2.39. The van der Waals surface area contributed by atoms with Gasteiger partial charge in [0.2, 0.25) is 5.91 Å². The van der Waals surface area contributed by atoms with Crippen LogP contribution in [0.1, 0.15) is 58.5 Å². The zero-order valence-electron chi connectivity index (χ0n) is 23.8. The lowest BCUT2D eigenvalue weighted by atomic mass is 10.0. The van der Waals surface area contributed by atoms with Crippen molar-refractivity contribution in [1.29, 1.82) is 5.26 Å². The number of rotatable bonds is 7. The smallest absolute Gasteiger partial charge is 0.255 e. The molecule has 9 heteroatoms. The molecule has 4 heterocycles. The number of amides is 2. The molecule has 1 N–H and O–H groups in total. The van der Waals surface area contributed by atoms with Crippen molar-refractivity contribution in [2.45, 2.75) is 45.0 Å². The molecule has 0 spiro atoms. The Morgan fingerprint density at radius 2 is 1.88 bits per heavy atom. The predicted molar refractivity (Wildman–Crippen MR) is 159 cm³/mol. The van der Waals surface area contributed by atoms with Crippen LogP contribution >= 0.6 is 0 Å². The van der Waals surface area contributed by atoms with Gasteiger partial charge >= 0.3 is 0 Å². The number of anilines is 1. The van der Waals surface area contributed by atoms with Crippen molar-refractivity contribution in [3.8, 4) is 11.8 Å². The summed E-state index contributed by atoms with van der Waals surface area (Å²) in [5, 5.41) is 11.8. The van der Waals surface area contributed by atoms with Gasteiger partial charge in [0.25, 0.3) is 5.91 Å². The van der Waals surface area contributed by atoms with Gasteiger partial charge in [-0.1, -0.05) is 36.9 Å². The number of hydrogen-bond acceptors (Lipinski definition) is 7. The van der Waals surface area contributed by atoms with Crippen LogP contribution in [0.25, 0.3) is 0 Å². The first kappa shape index (κ1) is 27.5. The lowest BCUT2D eigenvalue weighted by molar-refractivity contribution is -0.126. The third-order valence-corrected chi connectivity index (χ3v) is 8.60. The van der Waals surface area contributed by atoms with Crippen LogP contribution in [0.5, 0.6) is 5.75 Å². The first-order valence-corrected chi connectivity index (χ1v) is 14.4. The van der Waals surface area contributed by atoms with Crippen molar-refractivity contribution in [2.24, 2.45) is 0 Å². The number of piperidine rings is 1. The number of aromatic nitrogens is 1. The van der Waals surface area contributed by atoms with Gasteiger partial charge in [-0.25, -0.2) is 4.98 Å². The van der Waals surface area contributed by atoms with E-state index in [1.807, 2.05) is 18.2 Å². The van der Waals surface area contributed by atoms with E-state index in [0.29, 0.717) is 48.7 Å². The number of hydrogen-bond donors (Lipinski definition) is 1. The van der Waals surface area contributed by atoms with Crippen molar-refractivity contribution in [3.63, 3.8) is 0 Å². The van der Waals surface area contributed by atoms with Gasteiger partial charge in [0.1, 0.15) is 30.2 Å². The Kier molecular flexibility index (Phi) is 7.64. The van der Waals surface area contributed by atoms with E-state index >= 15 is 0 Å². The second kappa shape index (κ2) is 11.7. The summed E-state index contributed by atoms with van der Waals surface area (Å²) in [4.78, 5) is 36.3. The van der Waals surface area contributed by atoms with Crippen molar-refractivity contribution in [1.82, 2.24) is 20.1 Å². The van der Waals surface area contributed by atoms with E-state index in [1.54, 1.807) is 23.2 Å². The molecule has 0 saturated carbocycles. The molecule has 3 aliphatic heterocycles. The van der Waals surface area contributed by atoms with Gasteiger partial charge in [-0.05, 0) is 55.2 Å². The summed E-state index contributed by atoms with van der Waals surface area (Å²) in [5.41, 5.74) is 5.93. The minimum absolute atomic E-state index is 0.129. The van der Waals surface area contributed by atoms with Gasteiger partial charge in [-0.2, -0.15) is 5.26 Å². The molecule has 2 amide bonds. The topological polar surface area (TPSA) is 102 Å². The van der Waals surface area contributed by atoms with Crippen molar-refractivity contribution >= 4 is 17.5 Å². The van der Waals surface area contributed by atoms with Crippen molar-refractivity contribution in [2.75, 3.05) is 31.1 Å². The van der Waals surface area contributed by atoms with E-state index in [0.717, 1.165) is 43.0 Å². The van der Waals surface area contributed by atoms with Crippen LogP contribution in [0.2, 0.25) is 0 Å². The Balaban J connectivity index is 1.04. The summed E-state index contributed by atoms with van der Waals surface area (Å²) in [5.74, 6) is 0.377. The molecule has 0 unspecified atom stereocenters. The lowest BCUT2D eigenvalue weighted by Gasteiger charge is -2.39. The number of nitrogens with zero attached hydrogens (tertiary/aromatic N) is 5. The van der Waals surface area contributed by atoms with Gasteiger partial charge < -0.3 is 19.9 Å². The van der Waals surface area contributed by atoms with Crippen molar-refractivity contribution < 1.29 is 14.3 Å². The molecule has 0 aliphatic carbocycles. The normalized spacial score (nSPS) is 19.7. The Hall–Kier alpha value is -4.68. The first-order chi connectivity index (χ1) is 20.4. The van der Waals surface area contributed by atoms with Crippen LogP contribution in [0.15, 0.2) is 73.1 Å². The molecule has 2 fully saturated rings. The average Bonchev–Trinajstić information content (AvgIpc) is 3.36. The summed E-state index contributed by atoms with van der Waals surface area (Å²) >= 11 is 0. The van der Waals surface area contributed by atoms with Crippen LogP contribution in [-0.4, -0.2) is 58.8 Å². The lowest BCUT2D eigenvalue weighted by Crippen LogP contribution is -2.49. The molecule has 3 aliphatic rings. The number of pyridine rings is 1. The number of carbonyl (C=O) groups is 2. The first-order valence-electron chi connectivity index (χ1n) is 14.4. The fraction of sp³-hybridized carbons (Fsp3) is 0.333. The van der Waals surface area contributed by atoms with Crippen LogP contribution in [0, 0.1) is 11.3 Å². The quantitative estimate of drug-likeness (QED) is 0.461. The fourth-order valence-electron chi connectivity index (χ4n) is 6.04. The number of piperazine rings is 1. The molecular formula is C33H34N6O3. The Morgan fingerprint density at radius 1 is 1.10 bits per heavy atom. The summed E-state index contributed by atoms with van der Waals surface area (Å²) in [6, 6.07) is 19.7. The van der Waals surface area contributed by atoms with Crippen LogP contribution in [0.3, 0.4) is 0 Å². The second-order valence-corrected chi connectivity index (χ2v) is 11.1. The maximum atomic E-state index is 13.1. The monoisotopic (exact) mass is 562 g/mol. The number of fused-ring (bicyclic) bond motifs is 1. The molecule has 2 saturated heterocycles. The van der Waals surface area contributed by atoms with Crippen LogP contribution < -0.4 is 15.0 Å². The molecule has 0 radical (unpaired) electrons. The number of allylic oxidation sites excluding steroid dienone is 1. The maximum Gasteiger partial charge on any atom is 0.255 e. The highest BCUT2D eigenvalue weighted by Crippen LogP contribution is 2.34. The van der Waals surface area contributed by atoms with E-state index < -0.39 is 6.04 Å². The minimum atomic E-state index is -0.492. The fourth-order valence-corrected chi connectivity index (χ4v) is 6.04. The molecule has 9 nitrogen and oxygen atoms in total. The number of benzene rings is 2. The Labute approximate surface area is 246 Å². The van der Waals surface area contributed by atoms with Gasteiger partial charge in [-0.3, -0.25) is 14.5 Å². The van der Waals surface area contributed by atoms with E-state index in [-0.39, 0.29) is 17.9 Å². The van der Waals surface area contributed by atoms with Gasteiger partial charge in [0, 0.05) is 49.0 Å². The zero-order chi connectivity index (χ0) is 29.2. The Bertz CT molecular complexity index is 1540. The van der Waals surface area contributed by atoms with Gasteiger partial charge in [0.15, 0.2) is 0 Å². The zero-order valence-corrected chi connectivity index (χ0v) is 23.8. The van der Waals surface area contributed by atoms with E-state index in [4.69, 9.17) is 10.00 Å². The van der Waals surface area contributed by atoms with E-state index in [1.165, 1.54) is 5.56 Å². The summed E-state index contributed by atoms with van der Waals surface area (Å²) in [6.07, 6.45) is 3.03. The average molecular weight is 563 g/mol. The molecular weight excluding hydrogens is 528 g/mol. The van der Waals surface area contributed by atoms with E-state index in [9.17, 15) is 9.59 Å². The third kappa shape index (κ3) is 5.46. The summed E-state index contributed by atoms with van der Waals surface area (Å²) in [7, 11) is 0. The molecule has 2 aromatic carbocycles. The number of nitriles is 1. The molecule has 2 atom stereocenters. The van der Waals surface area contributed by atoms with Gasteiger partial charge in [0.05, 0.1) is 18.4 Å². The van der Waals surface area contributed by atoms with Crippen LogP contribution in [-0.2, 0) is 17.9 Å². The summed E-state index contributed by atoms with van der Waals surface area (Å²) in [6.45, 7) is 10.5. The maximum absolute atomic E-state index is 13.1. The molecule has 1 aromatic heterocycles. The van der Waals surface area contributed by atoms with Crippen molar-refractivity contribution in [3.05, 3.63) is 101 Å². The standard InChI is InChI=1S/C33H34N6O3/c1-22-6-13-30(32(40)36-22)39-20-29-28(33(39)41)4-3-5-31(29)42-21-24-7-9-25(10-8-24)23(2)37-14-16-38(17-15-37)27-12-11-26(18-34)35-19-27/h3-5,7-12,19,23,30H,1,6,13-17,20-21H2,2H3,(H,36,40)/t23-,30+/m1/s1. The molecule has 0 bridgehead atoms. The Morgan fingerprint density at radius 3 is 2.57 bits per heavy atom. The summed E-state index contributed by atoms with van der Waals surface area (Å²) < 4.78 is 6.22. The highest BCUT2D eigenvalue weighted by atomic mass is 16.5. The minimum Gasteiger partial charge on any atom is -0.489 e. The van der Waals surface area contributed by atoms with Crippen LogP contribution in [0.4, 0.5) is 5.69 Å².